The maximum atomic E-state index is 13.7. The van der Waals surface area contributed by atoms with Crippen LogP contribution in [0.25, 0.3) is 10.1 Å². The number of fused-ring (bicyclic) bond motifs is 1. The van der Waals surface area contributed by atoms with E-state index in [2.05, 4.69) is 0 Å². The number of rotatable bonds is 2. The molecule has 0 aliphatic rings. The van der Waals surface area contributed by atoms with Crippen LogP contribution in [0.15, 0.2) is 42.5 Å². The predicted molar refractivity (Wildman–Crippen MR) is 72.2 cm³/mol. The van der Waals surface area contributed by atoms with Crippen molar-refractivity contribution >= 4 is 21.4 Å². The summed E-state index contributed by atoms with van der Waals surface area (Å²) in [6, 6.07) is 8.98. The third-order valence-corrected chi connectivity index (χ3v) is 4.18. The number of aliphatic hydroxyl groups is 1. The summed E-state index contributed by atoms with van der Waals surface area (Å²) in [6.45, 7) is 0. The number of hydrogen-bond donors (Lipinski definition) is 1. The molecule has 102 valence electrons. The van der Waals surface area contributed by atoms with Gasteiger partial charge in [-0.05, 0) is 29.7 Å². The van der Waals surface area contributed by atoms with Gasteiger partial charge in [-0.15, -0.1) is 11.3 Å². The van der Waals surface area contributed by atoms with Crippen LogP contribution in [0.4, 0.5) is 13.2 Å². The van der Waals surface area contributed by atoms with E-state index in [0.29, 0.717) is 9.58 Å². The normalized spacial score (nSPS) is 12.8. The second-order valence-corrected chi connectivity index (χ2v) is 5.51. The molecule has 0 saturated heterocycles. The van der Waals surface area contributed by atoms with E-state index in [1.54, 1.807) is 12.1 Å². The van der Waals surface area contributed by atoms with Gasteiger partial charge in [0.25, 0.3) is 0 Å². The van der Waals surface area contributed by atoms with Gasteiger partial charge in [0.05, 0.1) is 0 Å². The molecular formula is C15H9F3OS. The molecule has 3 aromatic rings. The molecule has 1 nitrogen and oxygen atoms in total. The van der Waals surface area contributed by atoms with Crippen molar-refractivity contribution in [3.05, 3.63) is 70.4 Å². The molecule has 0 spiro atoms. The SMILES string of the molecule is OC(c1cc2ccc(F)cc2s1)c1ccc(F)cc1F. The second kappa shape index (κ2) is 4.92. The van der Waals surface area contributed by atoms with Crippen LogP contribution >= 0.6 is 11.3 Å². The summed E-state index contributed by atoms with van der Waals surface area (Å²) in [5.41, 5.74) is -0.00146. The van der Waals surface area contributed by atoms with Crippen molar-refractivity contribution in [3.8, 4) is 0 Å². The Morgan fingerprint density at radius 3 is 2.35 bits per heavy atom. The molecule has 0 bridgehead atoms. The second-order valence-electron chi connectivity index (χ2n) is 4.40. The van der Waals surface area contributed by atoms with E-state index in [-0.39, 0.29) is 11.4 Å². The Morgan fingerprint density at radius 2 is 1.60 bits per heavy atom. The van der Waals surface area contributed by atoms with Crippen molar-refractivity contribution in [3.63, 3.8) is 0 Å². The zero-order chi connectivity index (χ0) is 14.3. The summed E-state index contributed by atoms with van der Waals surface area (Å²) in [4.78, 5) is 0.483. The smallest absolute Gasteiger partial charge is 0.132 e. The van der Waals surface area contributed by atoms with Gasteiger partial charge in [0.1, 0.15) is 23.6 Å². The highest BCUT2D eigenvalue weighted by atomic mass is 32.1. The zero-order valence-electron chi connectivity index (χ0n) is 10.1. The van der Waals surface area contributed by atoms with Crippen molar-refractivity contribution in [1.82, 2.24) is 0 Å². The van der Waals surface area contributed by atoms with Crippen LogP contribution in [-0.2, 0) is 0 Å². The Balaban J connectivity index is 2.05. The molecule has 0 saturated carbocycles. The fraction of sp³-hybridized carbons (Fsp3) is 0.0667. The number of hydrogen-bond acceptors (Lipinski definition) is 2. The lowest BCUT2D eigenvalue weighted by Crippen LogP contribution is -2.00. The molecular weight excluding hydrogens is 285 g/mol. The fourth-order valence-electron chi connectivity index (χ4n) is 2.04. The summed E-state index contributed by atoms with van der Waals surface area (Å²) in [5.74, 6) is -1.87. The minimum absolute atomic E-state index is 0.00146. The average molecular weight is 294 g/mol. The fourth-order valence-corrected chi connectivity index (χ4v) is 3.13. The first-order chi connectivity index (χ1) is 9.54. The van der Waals surface area contributed by atoms with Crippen LogP contribution in [0, 0.1) is 17.5 Å². The van der Waals surface area contributed by atoms with Gasteiger partial charge in [-0.25, -0.2) is 13.2 Å². The Labute approximate surface area is 116 Å². The van der Waals surface area contributed by atoms with Crippen molar-refractivity contribution in [2.24, 2.45) is 0 Å². The third kappa shape index (κ3) is 2.30. The molecule has 0 radical (unpaired) electrons. The van der Waals surface area contributed by atoms with E-state index in [1.807, 2.05) is 0 Å². The number of benzene rings is 2. The molecule has 0 fully saturated rings. The first-order valence-corrected chi connectivity index (χ1v) is 6.68. The van der Waals surface area contributed by atoms with Gasteiger partial charge in [-0.1, -0.05) is 12.1 Å². The van der Waals surface area contributed by atoms with Crippen LogP contribution in [0.2, 0.25) is 0 Å². The Morgan fingerprint density at radius 1 is 0.900 bits per heavy atom. The molecule has 20 heavy (non-hydrogen) atoms. The van der Waals surface area contributed by atoms with Crippen molar-refractivity contribution in [2.45, 2.75) is 6.10 Å². The topological polar surface area (TPSA) is 20.2 Å². The standard InChI is InChI=1S/C15H9F3OS/c16-9-3-4-11(12(18)6-9)15(19)14-5-8-1-2-10(17)7-13(8)20-14/h1-7,15,19H. The first kappa shape index (κ1) is 13.1. The van der Waals surface area contributed by atoms with Crippen LogP contribution in [0.5, 0.6) is 0 Å². The average Bonchev–Trinajstić information content (AvgIpc) is 2.81. The maximum absolute atomic E-state index is 13.7. The maximum Gasteiger partial charge on any atom is 0.132 e. The van der Waals surface area contributed by atoms with Gasteiger partial charge in [-0.2, -0.15) is 0 Å². The summed E-state index contributed by atoms with van der Waals surface area (Å²) in [6.07, 6.45) is -1.20. The van der Waals surface area contributed by atoms with E-state index in [0.717, 1.165) is 17.5 Å². The van der Waals surface area contributed by atoms with Gasteiger partial charge in [-0.3, -0.25) is 0 Å². The number of aliphatic hydroxyl groups excluding tert-OH is 1. The molecule has 0 aliphatic heterocycles. The summed E-state index contributed by atoms with van der Waals surface area (Å²) < 4.78 is 40.3. The van der Waals surface area contributed by atoms with Gasteiger partial charge >= 0.3 is 0 Å². The summed E-state index contributed by atoms with van der Waals surface area (Å²) in [5, 5.41) is 11.0. The largest absolute Gasteiger partial charge is 0.383 e. The van der Waals surface area contributed by atoms with Crippen LogP contribution in [0.1, 0.15) is 16.5 Å². The van der Waals surface area contributed by atoms with Gasteiger partial charge in [0, 0.05) is 21.2 Å². The van der Waals surface area contributed by atoms with E-state index in [1.165, 1.54) is 29.5 Å². The van der Waals surface area contributed by atoms with Crippen molar-refractivity contribution in [2.75, 3.05) is 0 Å². The van der Waals surface area contributed by atoms with E-state index in [9.17, 15) is 18.3 Å². The van der Waals surface area contributed by atoms with Crippen LogP contribution < -0.4 is 0 Å². The zero-order valence-corrected chi connectivity index (χ0v) is 10.9. The lowest BCUT2D eigenvalue weighted by atomic mass is 10.1. The monoisotopic (exact) mass is 294 g/mol. The van der Waals surface area contributed by atoms with E-state index >= 15 is 0 Å². The number of thiophene rings is 1. The Bertz CT molecular complexity index is 782. The third-order valence-electron chi connectivity index (χ3n) is 3.03. The highest BCUT2D eigenvalue weighted by molar-refractivity contribution is 7.19. The minimum Gasteiger partial charge on any atom is -0.383 e. The van der Waals surface area contributed by atoms with Crippen molar-refractivity contribution < 1.29 is 18.3 Å². The highest BCUT2D eigenvalue weighted by Crippen LogP contribution is 2.34. The molecule has 1 N–H and O–H groups in total. The Hall–Kier alpha value is -1.85. The highest BCUT2D eigenvalue weighted by Gasteiger charge is 2.18. The molecule has 0 aliphatic carbocycles. The van der Waals surface area contributed by atoms with Gasteiger partial charge < -0.3 is 5.11 Å². The molecule has 1 aromatic heterocycles. The lowest BCUT2D eigenvalue weighted by Gasteiger charge is -2.09. The van der Waals surface area contributed by atoms with E-state index in [4.69, 9.17) is 0 Å². The van der Waals surface area contributed by atoms with Crippen LogP contribution in [0.3, 0.4) is 0 Å². The molecule has 0 amide bonds. The van der Waals surface area contributed by atoms with Gasteiger partial charge in [0.15, 0.2) is 0 Å². The molecule has 1 atom stereocenters. The molecule has 5 heteroatoms. The summed E-state index contributed by atoms with van der Waals surface area (Å²) >= 11 is 1.18. The molecule has 2 aromatic carbocycles. The molecule has 1 unspecified atom stereocenters. The van der Waals surface area contributed by atoms with E-state index < -0.39 is 17.7 Å². The van der Waals surface area contributed by atoms with Gasteiger partial charge in [0.2, 0.25) is 0 Å². The summed E-state index contributed by atoms with van der Waals surface area (Å²) in [7, 11) is 0. The first-order valence-electron chi connectivity index (χ1n) is 5.86. The Kier molecular flexibility index (Phi) is 3.23. The quantitative estimate of drug-likeness (QED) is 0.742. The predicted octanol–water partition coefficient (Wildman–Crippen LogP) is 4.40. The van der Waals surface area contributed by atoms with Crippen LogP contribution in [-0.4, -0.2) is 5.11 Å². The minimum atomic E-state index is -1.20. The number of halogens is 3. The molecule has 3 rings (SSSR count). The lowest BCUT2D eigenvalue weighted by molar-refractivity contribution is 0.218. The molecule has 1 heterocycles. The van der Waals surface area contributed by atoms with Crippen molar-refractivity contribution in [1.29, 1.82) is 0 Å².